The largest absolute Gasteiger partial charge is 0.464 e. The van der Waals surface area contributed by atoms with Gasteiger partial charge in [0.2, 0.25) is 10.0 Å². The van der Waals surface area contributed by atoms with E-state index in [-0.39, 0.29) is 29.0 Å². The first-order valence-corrected chi connectivity index (χ1v) is 11.9. The molecule has 0 bridgehead atoms. The van der Waals surface area contributed by atoms with Gasteiger partial charge in [0.25, 0.3) is 0 Å². The third-order valence-electron chi connectivity index (χ3n) is 5.57. The van der Waals surface area contributed by atoms with Crippen LogP contribution in [0.3, 0.4) is 0 Å². The number of nitrogens with zero attached hydrogens (tertiary/aromatic N) is 1. The molecule has 1 heterocycles. The van der Waals surface area contributed by atoms with Crippen molar-refractivity contribution in [2.75, 3.05) is 0 Å². The van der Waals surface area contributed by atoms with Crippen molar-refractivity contribution in [1.29, 1.82) is 0 Å². The predicted octanol–water partition coefficient (Wildman–Crippen LogP) is 5.25. The maximum atomic E-state index is 13.9. The predicted molar refractivity (Wildman–Crippen MR) is 126 cm³/mol. The Morgan fingerprint density at radius 3 is 2.21 bits per heavy atom. The van der Waals surface area contributed by atoms with Crippen molar-refractivity contribution in [2.24, 2.45) is 0 Å². The number of para-hydroxylation sites is 1. The molecule has 7 heteroatoms. The molecule has 1 aromatic heterocycles. The van der Waals surface area contributed by atoms with E-state index in [1.165, 1.54) is 34.8 Å². The lowest BCUT2D eigenvalue weighted by atomic mass is 10.1. The Morgan fingerprint density at radius 1 is 0.909 bits per heavy atom. The Labute approximate surface area is 192 Å². The van der Waals surface area contributed by atoms with E-state index in [1.54, 1.807) is 38.1 Å². The van der Waals surface area contributed by atoms with Crippen molar-refractivity contribution in [3.63, 3.8) is 0 Å². The molecule has 0 aliphatic rings. The van der Waals surface area contributed by atoms with Gasteiger partial charge >= 0.3 is 0 Å². The fraction of sp³-hybridized carbons (Fsp3) is 0.192. The van der Waals surface area contributed by atoms with E-state index in [1.807, 2.05) is 19.1 Å². The van der Waals surface area contributed by atoms with Crippen LogP contribution in [0, 0.1) is 26.6 Å². The van der Waals surface area contributed by atoms with Crippen LogP contribution in [-0.2, 0) is 23.1 Å². The van der Waals surface area contributed by atoms with Gasteiger partial charge < -0.3 is 4.42 Å². The zero-order chi connectivity index (χ0) is 23.8. The number of fused-ring (bicyclic) bond motifs is 1. The van der Waals surface area contributed by atoms with Crippen LogP contribution >= 0.6 is 0 Å². The number of sulfonamides is 1. The van der Waals surface area contributed by atoms with Gasteiger partial charge in [-0.1, -0.05) is 42.0 Å². The van der Waals surface area contributed by atoms with Crippen molar-refractivity contribution in [2.45, 2.75) is 38.8 Å². The molecule has 0 unspecified atom stereocenters. The molecule has 170 valence electrons. The summed E-state index contributed by atoms with van der Waals surface area (Å²) in [6.07, 6.45) is 1.31. The summed E-state index contributed by atoms with van der Waals surface area (Å²) in [5, 5.41) is 0.386. The van der Waals surface area contributed by atoms with Gasteiger partial charge in [0.1, 0.15) is 11.4 Å². The van der Waals surface area contributed by atoms with Gasteiger partial charge in [0.15, 0.2) is 5.43 Å². The number of benzene rings is 3. The first-order valence-electron chi connectivity index (χ1n) is 10.5. The van der Waals surface area contributed by atoms with Gasteiger partial charge in [-0.3, -0.25) is 4.79 Å². The smallest absolute Gasteiger partial charge is 0.244 e. The Hall–Kier alpha value is -3.29. The van der Waals surface area contributed by atoms with Gasteiger partial charge in [-0.2, -0.15) is 4.31 Å². The normalized spacial score (nSPS) is 11.9. The Balaban J connectivity index is 1.83. The number of aryl methyl sites for hydroxylation is 3. The van der Waals surface area contributed by atoms with Gasteiger partial charge in [0.05, 0.1) is 22.1 Å². The number of hydrogen-bond donors (Lipinski definition) is 0. The molecule has 0 fully saturated rings. The molecule has 4 aromatic rings. The minimum Gasteiger partial charge on any atom is -0.464 e. The van der Waals surface area contributed by atoms with Crippen molar-refractivity contribution >= 4 is 21.0 Å². The van der Waals surface area contributed by atoms with Gasteiger partial charge in [-0.15, -0.1) is 0 Å². The van der Waals surface area contributed by atoms with Crippen LogP contribution in [0.1, 0.15) is 27.8 Å². The van der Waals surface area contributed by atoms with E-state index in [0.717, 1.165) is 5.56 Å². The molecule has 0 saturated carbocycles. The standard InChI is InChI=1S/C26H24FNO4S/c1-17-12-18(2)26(19(3)13-17)33(30,31)28(14-20-8-10-22(27)11-9-20)15-21-16-32-24-7-5-4-6-23(24)25(21)29/h4-13,16H,14-15H2,1-3H3. The van der Waals surface area contributed by atoms with Crippen molar-refractivity contribution in [3.05, 3.63) is 111 Å². The number of halogens is 1. The quantitative estimate of drug-likeness (QED) is 0.390. The molecule has 0 spiro atoms. The fourth-order valence-corrected chi connectivity index (χ4v) is 5.96. The summed E-state index contributed by atoms with van der Waals surface area (Å²) < 4.78 is 48.0. The molecule has 0 radical (unpaired) electrons. The van der Waals surface area contributed by atoms with E-state index in [4.69, 9.17) is 4.42 Å². The number of hydrogen-bond acceptors (Lipinski definition) is 4. The summed E-state index contributed by atoms with van der Waals surface area (Å²) in [5.41, 5.74) is 3.20. The zero-order valence-electron chi connectivity index (χ0n) is 18.6. The molecule has 4 rings (SSSR count). The Morgan fingerprint density at radius 2 is 1.55 bits per heavy atom. The second-order valence-corrected chi connectivity index (χ2v) is 10.1. The van der Waals surface area contributed by atoms with Gasteiger partial charge in [-0.25, -0.2) is 12.8 Å². The molecule has 5 nitrogen and oxygen atoms in total. The molecule has 0 N–H and O–H groups in total. The Bertz CT molecular complexity index is 1470. The number of rotatable bonds is 6. The Kier molecular flexibility index (Phi) is 6.19. The van der Waals surface area contributed by atoms with Crippen LogP contribution in [-0.4, -0.2) is 12.7 Å². The molecular formula is C26H24FNO4S. The summed E-state index contributed by atoms with van der Waals surface area (Å²) in [6, 6.07) is 16.1. The van der Waals surface area contributed by atoms with E-state index >= 15 is 0 Å². The molecule has 3 aromatic carbocycles. The van der Waals surface area contributed by atoms with Crippen LogP contribution < -0.4 is 5.43 Å². The highest BCUT2D eigenvalue weighted by atomic mass is 32.2. The summed E-state index contributed by atoms with van der Waals surface area (Å²) in [6.45, 7) is 5.22. The highest BCUT2D eigenvalue weighted by Gasteiger charge is 2.29. The highest BCUT2D eigenvalue weighted by Crippen LogP contribution is 2.28. The molecular weight excluding hydrogens is 441 g/mol. The second kappa shape index (κ2) is 8.92. The molecule has 0 aliphatic carbocycles. The van der Waals surface area contributed by atoms with Gasteiger partial charge in [-0.05, 0) is 61.7 Å². The summed E-state index contributed by atoms with van der Waals surface area (Å²) >= 11 is 0. The molecule has 0 saturated heterocycles. The van der Waals surface area contributed by atoms with E-state index < -0.39 is 15.8 Å². The minimum absolute atomic E-state index is 0.0262. The van der Waals surface area contributed by atoms with Crippen molar-refractivity contribution in [3.8, 4) is 0 Å². The van der Waals surface area contributed by atoms with E-state index in [9.17, 15) is 17.6 Å². The van der Waals surface area contributed by atoms with Crippen LogP contribution in [0.15, 0.2) is 81.0 Å². The first-order chi connectivity index (χ1) is 15.7. The highest BCUT2D eigenvalue weighted by molar-refractivity contribution is 7.89. The lowest BCUT2D eigenvalue weighted by molar-refractivity contribution is 0.395. The third kappa shape index (κ3) is 4.60. The lowest BCUT2D eigenvalue weighted by Crippen LogP contribution is -2.33. The molecule has 0 aliphatic heterocycles. The van der Waals surface area contributed by atoms with Crippen LogP contribution in [0.2, 0.25) is 0 Å². The first kappa shape index (κ1) is 22.9. The average molecular weight is 466 g/mol. The van der Waals surface area contributed by atoms with Crippen LogP contribution in [0.5, 0.6) is 0 Å². The average Bonchev–Trinajstić information content (AvgIpc) is 2.75. The molecule has 0 atom stereocenters. The van der Waals surface area contributed by atoms with Crippen molar-refractivity contribution in [1.82, 2.24) is 4.31 Å². The zero-order valence-corrected chi connectivity index (χ0v) is 19.4. The fourth-order valence-electron chi connectivity index (χ4n) is 4.14. The lowest BCUT2D eigenvalue weighted by Gasteiger charge is -2.24. The van der Waals surface area contributed by atoms with Crippen LogP contribution in [0.4, 0.5) is 4.39 Å². The topological polar surface area (TPSA) is 67.6 Å². The third-order valence-corrected chi connectivity index (χ3v) is 7.67. The molecule has 0 amide bonds. The maximum Gasteiger partial charge on any atom is 0.244 e. The summed E-state index contributed by atoms with van der Waals surface area (Å²) in [4.78, 5) is 13.3. The summed E-state index contributed by atoms with van der Waals surface area (Å²) in [5.74, 6) is -0.409. The molecule has 33 heavy (non-hydrogen) atoms. The second-order valence-electron chi connectivity index (χ2n) is 8.21. The van der Waals surface area contributed by atoms with E-state index in [0.29, 0.717) is 27.7 Å². The van der Waals surface area contributed by atoms with Crippen molar-refractivity contribution < 1.29 is 17.2 Å². The van der Waals surface area contributed by atoms with Gasteiger partial charge in [0, 0.05) is 13.1 Å². The maximum absolute atomic E-state index is 13.9. The summed E-state index contributed by atoms with van der Waals surface area (Å²) in [7, 11) is -4.00. The SMILES string of the molecule is Cc1cc(C)c(S(=O)(=O)N(Cc2ccc(F)cc2)Cc2coc3ccccc3c2=O)c(C)c1. The van der Waals surface area contributed by atoms with Crippen LogP contribution in [0.25, 0.3) is 11.0 Å². The van der Waals surface area contributed by atoms with E-state index in [2.05, 4.69) is 0 Å². The minimum atomic E-state index is -4.00. The monoisotopic (exact) mass is 465 g/mol.